The first-order valence-electron chi connectivity index (χ1n) is 19.3. The molecule has 1 aliphatic rings. The van der Waals surface area contributed by atoms with Gasteiger partial charge < -0.3 is 20.4 Å². The van der Waals surface area contributed by atoms with Gasteiger partial charge in [0.25, 0.3) is 11.8 Å². The maximum atomic E-state index is 14.0. The minimum Gasteiger partial charge on any atom is -0.356 e. The third-order valence-corrected chi connectivity index (χ3v) is 12.6. The Morgan fingerprint density at radius 2 is 1.42 bits per heavy atom. The van der Waals surface area contributed by atoms with Crippen LogP contribution in [0.15, 0.2) is 111 Å². The molecular weight excluding hydrogens is 835 g/mol. The van der Waals surface area contributed by atoms with Crippen LogP contribution in [0.25, 0.3) is 6.08 Å². The molecule has 0 saturated carbocycles. The number of aliphatic imine (C=N–C) groups is 1. The van der Waals surface area contributed by atoms with E-state index in [9.17, 15) is 39.9 Å². The minimum atomic E-state index is -3.89. The number of benzene rings is 2. The lowest BCUT2D eigenvalue weighted by Crippen LogP contribution is -2.27. The number of unbranched alkanes of at least 4 members (excludes halogenated alkanes) is 4. The van der Waals surface area contributed by atoms with Crippen LogP contribution in [-0.2, 0) is 31.3 Å². The molecule has 20 heteroatoms. The fourth-order valence-corrected chi connectivity index (χ4v) is 8.48. The van der Waals surface area contributed by atoms with Crippen LogP contribution in [0.2, 0.25) is 0 Å². The Labute approximate surface area is 352 Å². The fraction of sp³-hybridized carbons (Fsp3) is 0.300. The van der Waals surface area contributed by atoms with E-state index in [1.165, 1.54) is 48.5 Å². The van der Waals surface area contributed by atoms with Crippen LogP contribution in [-0.4, -0.2) is 78.3 Å². The number of hydrogen-bond acceptors (Lipinski definition) is 9. The number of primary sulfonamides is 1. The minimum absolute atomic E-state index is 0.0264. The summed E-state index contributed by atoms with van der Waals surface area (Å²) in [5.41, 5.74) is 2.45. The summed E-state index contributed by atoms with van der Waals surface area (Å²) in [4.78, 5) is 42.8. The Hall–Kier alpha value is -5.28. The van der Waals surface area contributed by atoms with E-state index >= 15 is 0 Å². The zero-order valence-corrected chi connectivity index (χ0v) is 35.1. The van der Waals surface area contributed by atoms with Crippen molar-refractivity contribution in [1.82, 2.24) is 25.2 Å². The van der Waals surface area contributed by atoms with Crippen molar-refractivity contribution in [3.05, 3.63) is 123 Å². The highest BCUT2D eigenvalue weighted by atomic mass is 32.2. The second kappa shape index (κ2) is 21.8. The number of rotatable bonds is 23. The molecule has 0 atom stereocenters. The Kier molecular flexibility index (Phi) is 16.7. The predicted molar refractivity (Wildman–Crippen MR) is 229 cm³/mol. The van der Waals surface area contributed by atoms with E-state index in [0.29, 0.717) is 80.8 Å². The zero-order valence-electron chi connectivity index (χ0n) is 32.6. The van der Waals surface area contributed by atoms with Crippen LogP contribution >= 0.6 is 11.3 Å². The van der Waals surface area contributed by atoms with Crippen LogP contribution in [0.1, 0.15) is 81.9 Å². The maximum Gasteiger partial charge on any atom is 0.677 e. The van der Waals surface area contributed by atoms with Gasteiger partial charge in [0.05, 0.1) is 26.1 Å². The van der Waals surface area contributed by atoms with Gasteiger partial charge in [0.2, 0.25) is 26.0 Å². The number of carbonyl (C=O) groups is 3. The van der Waals surface area contributed by atoms with Crippen LogP contribution in [0.4, 0.5) is 8.63 Å². The van der Waals surface area contributed by atoms with Crippen LogP contribution in [0.5, 0.6) is 0 Å². The third kappa shape index (κ3) is 13.6. The van der Waals surface area contributed by atoms with Crippen molar-refractivity contribution in [1.29, 1.82) is 0 Å². The van der Waals surface area contributed by atoms with Gasteiger partial charge in [0.15, 0.2) is 0 Å². The molecule has 3 amide bonds. The van der Waals surface area contributed by atoms with Gasteiger partial charge in [-0.25, -0.2) is 31.7 Å². The standard InChI is InChI=1S/C40H46BF2N7O7S3/c42-41(43)50-32(15-16-33(50)28-31-14-20-36(49-31)37-11-8-26-58-37)17-21-38(51)45-22-3-2-6-25-48-60(56,57)35-10-7-9-30(27-35)40(53)47-24-5-1-4-23-46-39(52)29-12-18-34(19-13-29)59(44,54)55/h7-16,18-20,26-28,48H,1-6,17,21-25H2,(H,45,51)(H,46,52)(H,47,53)(H2,44,54,55)/b31-28+. The molecule has 3 heterocycles. The third-order valence-electron chi connectivity index (χ3n) is 9.31. The van der Waals surface area contributed by atoms with E-state index in [1.54, 1.807) is 35.6 Å². The van der Waals surface area contributed by atoms with Gasteiger partial charge in [0.1, 0.15) is 0 Å². The molecule has 2 aromatic carbocycles. The van der Waals surface area contributed by atoms with Gasteiger partial charge in [0, 0.05) is 55.1 Å². The van der Waals surface area contributed by atoms with E-state index in [0.717, 1.165) is 15.1 Å². The molecular formula is C40H46BF2N7O7S3. The molecule has 0 radical (unpaired) electrons. The predicted octanol–water partition coefficient (Wildman–Crippen LogP) is 4.90. The van der Waals surface area contributed by atoms with E-state index in [-0.39, 0.29) is 46.6 Å². The lowest BCUT2D eigenvalue weighted by molar-refractivity contribution is -0.121. The largest absolute Gasteiger partial charge is 0.677 e. The van der Waals surface area contributed by atoms with E-state index < -0.39 is 33.4 Å². The first kappa shape index (κ1) is 45.8. The molecule has 4 aromatic rings. The molecule has 0 fully saturated rings. The van der Waals surface area contributed by atoms with Gasteiger partial charge in [-0.3, -0.25) is 23.0 Å². The summed E-state index contributed by atoms with van der Waals surface area (Å²) in [5, 5.41) is 15.3. The average Bonchev–Trinajstić information content (AvgIpc) is 4.01. The van der Waals surface area contributed by atoms with Crippen molar-refractivity contribution in [3.8, 4) is 0 Å². The molecule has 6 N–H and O–H groups in total. The Bertz CT molecular complexity index is 2440. The summed E-state index contributed by atoms with van der Waals surface area (Å²) in [7, 11) is -10.5. The number of carbonyl (C=O) groups excluding carboxylic acids is 3. The first-order chi connectivity index (χ1) is 28.7. The van der Waals surface area contributed by atoms with Gasteiger partial charge in [-0.05, 0) is 123 Å². The summed E-state index contributed by atoms with van der Waals surface area (Å²) in [6, 6.07) is 18.0. The van der Waals surface area contributed by atoms with Gasteiger partial charge >= 0.3 is 7.40 Å². The topological polar surface area (TPSA) is 211 Å². The number of allylic oxidation sites excluding steroid dienone is 2. The number of aryl methyl sites for hydroxylation is 1. The molecule has 60 heavy (non-hydrogen) atoms. The summed E-state index contributed by atoms with van der Waals surface area (Å²) in [6.45, 7) is 1.23. The molecule has 318 valence electrons. The van der Waals surface area contributed by atoms with Crippen molar-refractivity contribution in [2.24, 2.45) is 10.1 Å². The Morgan fingerprint density at radius 3 is 2.07 bits per heavy atom. The van der Waals surface area contributed by atoms with Gasteiger partial charge in [-0.2, -0.15) is 0 Å². The summed E-state index contributed by atoms with van der Waals surface area (Å²) in [5.74, 6) is -1.05. The first-order valence-corrected chi connectivity index (χ1v) is 23.2. The van der Waals surface area contributed by atoms with Crippen LogP contribution in [0, 0.1) is 0 Å². The summed E-state index contributed by atoms with van der Waals surface area (Å²) < 4.78 is 80.1. The van der Waals surface area contributed by atoms with Crippen LogP contribution < -0.4 is 25.8 Å². The molecule has 2 aromatic heterocycles. The highest BCUT2D eigenvalue weighted by molar-refractivity contribution is 7.89. The van der Waals surface area contributed by atoms with Crippen molar-refractivity contribution >= 4 is 68.3 Å². The van der Waals surface area contributed by atoms with Crippen molar-refractivity contribution in [2.75, 3.05) is 26.2 Å². The smallest absolute Gasteiger partial charge is 0.356 e. The molecule has 1 aliphatic heterocycles. The second-order valence-corrected chi connectivity index (χ2v) is 18.0. The number of amides is 3. The SMILES string of the molecule is NS(=O)(=O)c1ccc(C(=O)NCCCCCNC(=O)c2cccc(S(=O)(=O)NCCCCCNC(=O)CCc3ccc(/C=C4\C=CC(c5cccs5)=N4)n3B(F)F)c2)cc1. The molecule has 0 unspecified atom stereocenters. The lowest BCUT2D eigenvalue weighted by Gasteiger charge is -2.10. The normalized spacial score (nSPS) is 13.3. The molecule has 0 bridgehead atoms. The zero-order chi connectivity index (χ0) is 43.1. The summed E-state index contributed by atoms with van der Waals surface area (Å²) >= 11 is 1.54. The van der Waals surface area contributed by atoms with Gasteiger partial charge in [-0.15, -0.1) is 11.3 Å². The number of hydrogen-bond donors (Lipinski definition) is 5. The number of nitrogens with one attached hydrogen (secondary N) is 4. The molecule has 0 spiro atoms. The van der Waals surface area contributed by atoms with E-state index in [1.807, 2.05) is 23.6 Å². The molecule has 0 aliphatic carbocycles. The monoisotopic (exact) mass is 881 g/mol. The van der Waals surface area contributed by atoms with Crippen molar-refractivity contribution < 1.29 is 39.9 Å². The number of sulfonamides is 2. The Balaban J connectivity index is 0.935. The van der Waals surface area contributed by atoms with E-state index in [4.69, 9.17) is 5.14 Å². The van der Waals surface area contributed by atoms with Crippen molar-refractivity contribution in [2.45, 2.75) is 61.2 Å². The second-order valence-electron chi connectivity index (χ2n) is 13.8. The average molecular weight is 882 g/mol. The maximum absolute atomic E-state index is 14.0. The molecule has 0 saturated heterocycles. The highest BCUT2D eigenvalue weighted by Gasteiger charge is 2.24. The summed E-state index contributed by atoms with van der Waals surface area (Å²) in [6.07, 6.45) is 9.03. The van der Waals surface area contributed by atoms with Crippen molar-refractivity contribution in [3.63, 3.8) is 0 Å². The fourth-order valence-electron chi connectivity index (χ4n) is 6.15. The number of halogens is 2. The molecule has 14 nitrogen and oxygen atoms in total. The molecule has 5 rings (SSSR count). The van der Waals surface area contributed by atoms with E-state index in [2.05, 4.69) is 25.7 Å². The van der Waals surface area contributed by atoms with Crippen LogP contribution in [0.3, 0.4) is 0 Å². The number of aromatic nitrogens is 1. The quantitative estimate of drug-likeness (QED) is 0.0514. The Morgan fingerprint density at radius 1 is 0.750 bits per heavy atom. The highest BCUT2D eigenvalue weighted by Crippen LogP contribution is 2.23. The van der Waals surface area contributed by atoms with Gasteiger partial charge in [-0.1, -0.05) is 18.6 Å². The number of nitrogens with two attached hydrogens (primary N) is 1. The number of thiophene rings is 1. The number of nitrogens with zero attached hydrogens (tertiary/aromatic N) is 2. The lowest BCUT2D eigenvalue weighted by atomic mass is 10.1.